The molecular weight excluding hydrogens is 290 g/mol. The van der Waals surface area contributed by atoms with Crippen molar-refractivity contribution in [3.8, 4) is 11.1 Å². The van der Waals surface area contributed by atoms with Gasteiger partial charge in [0.1, 0.15) is 0 Å². The molecule has 0 spiro atoms. The van der Waals surface area contributed by atoms with Crippen molar-refractivity contribution >= 4 is 22.9 Å². The first-order chi connectivity index (χ1) is 10.8. The monoisotopic (exact) mass is 307 g/mol. The molecule has 0 saturated heterocycles. The van der Waals surface area contributed by atoms with Crippen molar-refractivity contribution in [1.82, 2.24) is 0 Å². The van der Waals surface area contributed by atoms with E-state index in [0.717, 1.165) is 28.1 Å². The van der Waals surface area contributed by atoms with Gasteiger partial charge in [-0.15, -0.1) is 11.3 Å². The fraction of sp³-hybridized carbons (Fsp3) is 0.105. The van der Waals surface area contributed by atoms with E-state index in [9.17, 15) is 4.79 Å². The lowest BCUT2D eigenvalue weighted by atomic mass is 10.1. The van der Waals surface area contributed by atoms with E-state index >= 15 is 0 Å². The third-order valence-electron chi connectivity index (χ3n) is 3.55. The van der Waals surface area contributed by atoms with Crippen molar-refractivity contribution in [2.45, 2.75) is 13.3 Å². The highest BCUT2D eigenvalue weighted by atomic mass is 32.1. The molecule has 0 radical (unpaired) electrons. The predicted octanol–water partition coefficient (Wildman–Crippen LogP) is 5.23. The summed E-state index contributed by atoms with van der Waals surface area (Å²) < 4.78 is 0. The van der Waals surface area contributed by atoms with Crippen LogP contribution in [0.5, 0.6) is 0 Å². The molecule has 0 aliphatic carbocycles. The van der Waals surface area contributed by atoms with Gasteiger partial charge in [0, 0.05) is 11.3 Å². The lowest BCUT2D eigenvalue weighted by molar-refractivity contribution is 0.103. The minimum Gasteiger partial charge on any atom is -0.321 e. The number of carbonyl (C=O) groups excluding carboxylic acids is 1. The van der Waals surface area contributed by atoms with Gasteiger partial charge in [0.25, 0.3) is 5.91 Å². The van der Waals surface area contributed by atoms with Crippen LogP contribution in [0.3, 0.4) is 0 Å². The Bertz CT molecular complexity index is 777. The summed E-state index contributed by atoms with van der Waals surface area (Å²) in [7, 11) is 0. The van der Waals surface area contributed by atoms with E-state index in [1.807, 2.05) is 60.0 Å². The van der Waals surface area contributed by atoms with Crippen LogP contribution in [-0.2, 0) is 6.42 Å². The zero-order valence-corrected chi connectivity index (χ0v) is 13.2. The number of carbonyl (C=O) groups is 1. The molecule has 3 heteroatoms. The molecule has 0 atom stereocenters. The molecule has 2 aromatic carbocycles. The Morgan fingerprint density at radius 3 is 2.64 bits per heavy atom. The Morgan fingerprint density at radius 2 is 1.86 bits per heavy atom. The van der Waals surface area contributed by atoms with Crippen LogP contribution in [0.4, 0.5) is 5.69 Å². The van der Waals surface area contributed by atoms with Crippen LogP contribution in [0.15, 0.2) is 66.0 Å². The van der Waals surface area contributed by atoms with Crippen molar-refractivity contribution in [3.05, 3.63) is 76.5 Å². The summed E-state index contributed by atoms with van der Waals surface area (Å²) >= 11 is 1.47. The second-order valence-corrected chi connectivity index (χ2v) is 5.95. The van der Waals surface area contributed by atoms with Crippen LogP contribution in [0.25, 0.3) is 11.1 Å². The molecule has 1 amide bonds. The lowest BCUT2D eigenvalue weighted by Gasteiger charge is -2.07. The Morgan fingerprint density at radius 1 is 1.05 bits per heavy atom. The van der Waals surface area contributed by atoms with Crippen molar-refractivity contribution in [3.63, 3.8) is 0 Å². The Labute approximate surface area is 134 Å². The molecular formula is C19H17NOS. The highest BCUT2D eigenvalue weighted by Crippen LogP contribution is 2.29. The molecule has 0 bridgehead atoms. The number of amides is 1. The fourth-order valence-electron chi connectivity index (χ4n) is 2.39. The van der Waals surface area contributed by atoms with Gasteiger partial charge in [0.15, 0.2) is 0 Å². The smallest absolute Gasteiger partial charge is 0.266 e. The van der Waals surface area contributed by atoms with Crippen LogP contribution in [0.2, 0.25) is 0 Å². The minimum absolute atomic E-state index is 0.0536. The Hall–Kier alpha value is -2.39. The molecule has 3 aromatic rings. The van der Waals surface area contributed by atoms with E-state index in [2.05, 4.69) is 18.3 Å². The topological polar surface area (TPSA) is 29.1 Å². The molecule has 1 heterocycles. The first-order valence-electron chi connectivity index (χ1n) is 7.31. The lowest BCUT2D eigenvalue weighted by Crippen LogP contribution is -2.11. The number of rotatable bonds is 4. The van der Waals surface area contributed by atoms with Gasteiger partial charge in [-0.25, -0.2) is 0 Å². The first kappa shape index (κ1) is 14.5. The van der Waals surface area contributed by atoms with Crippen molar-refractivity contribution < 1.29 is 4.79 Å². The molecule has 2 nitrogen and oxygen atoms in total. The molecule has 1 aromatic heterocycles. The highest BCUT2D eigenvalue weighted by molar-refractivity contribution is 7.12. The molecule has 22 heavy (non-hydrogen) atoms. The zero-order chi connectivity index (χ0) is 15.4. The maximum absolute atomic E-state index is 12.6. The summed E-state index contributed by atoms with van der Waals surface area (Å²) in [6.45, 7) is 2.10. The van der Waals surface area contributed by atoms with Gasteiger partial charge >= 0.3 is 0 Å². The number of hydrogen-bond donors (Lipinski definition) is 1. The van der Waals surface area contributed by atoms with Gasteiger partial charge in [-0.1, -0.05) is 49.4 Å². The second kappa shape index (κ2) is 6.58. The fourth-order valence-corrected chi connectivity index (χ4v) is 3.20. The van der Waals surface area contributed by atoms with Crippen LogP contribution in [0.1, 0.15) is 22.2 Å². The van der Waals surface area contributed by atoms with Crippen LogP contribution < -0.4 is 5.32 Å². The third kappa shape index (κ3) is 3.10. The van der Waals surface area contributed by atoms with E-state index in [1.54, 1.807) is 0 Å². The SMILES string of the molecule is CCc1cccc(NC(=O)c2sccc2-c2ccccc2)c1. The van der Waals surface area contributed by atoms with Crippen molar-refractivity contribution in [2.24, 2.45) is 0 Å². The standard InChI is InChI=1S/C19H17NOS/c1-2-14-7-6-10-16(13-14)20-19(21)18-17(11-12-22-18)15-8-4-3-5-9-15/h3-13H,2H2,1H3,(H,20,21). The maximum atomic E-state index is 12.6. The van der Waals surface area contributed by atoms with Crippen molar-refractivity contribution in [2.75, 3.05) is 5.32 Å². The van der Waals surface area contributed by atoms with Gasteiger partial charge in [-0.05, 0) is 41.1 Å². The zero-order valence-electron chi connectivity index (χ0n) is 12.4. The molecule has 3 rings (SSSR count). The highest BCUT2D eigenvalue weighted by Gasteiger charge is 2.14. The largest absolute Gasteiger partial charge is 0.321 e. The number of aryl methyl sites for hydroxylation is 1. The van der Waals surface area contributed by atoms with E-state index in [0.29, 0.717) is 0 Å². The predicted molar refractivity (Wildman–Crippen MR) is 93.5 cm³/mol. The van der Waals surface area contributed by atoms with E-state index < -0.39 is 0 Å². The van der Waals surface area contributed by atoms with Gasteiger partial charge in [-0.2, -0.15) is 0 Å². The molecule has 1 N–H and O–H groups in total. The summed E-state index contributed by atoms with van der Waals surface area (Å²) in [5, 5.41) is 4.96. The number of hydrogen-bond acceptors (Lipinski definition) is 2. The number of anilines is 1. The van der Waals surface area contributed by atoms with Crippen LogP contribution in [-0.4, -0.2) is 5.91 Å². The summed E-state index contributed by atoms with van der Waals surface area (Å²) in [5.74, 6) is -0.0536. The van der Waals surface area contributed by atoms with Gasteiger partial charge in [-0.3, -0.25) is 4.79 Å². The number of thiophene rings is 1. The summed E-state index contributed by atoms with van der Waals surface area (Å²) in [6.07, 6.45) is 0.956. The minimum atomic E-state index is -0.0536. The van der Waals surface area contributed by atoms with Crippen molar-refractivity contribution in [1.29, 1.82) is 0 Å². The molecule has 110 valence electrons. The third-order valence-corrected chi connectivity index (χ3v) is 4.46. The summed E-state index contributed by atoms with van der Waals surface area (Å²) in [5.41, 5.74) is 4.11. The molecule has 0 aliphatic rings. The summed E-state index contributed by atoms with van der Waals surface area (Å²) in [6, 6.07) is 20.0. The van der Waals surface area contributed by atoms with Gasteiger partial charge in [0.05, 0.1) is 4.88 Å². The molecule has 0 fully saturated rings. The van der Waals surface area contributed by atoms with Crippen LogP contribution in [0, 0.1) is 0 Å². The van der Waals surface area contributed by atoms with E-state index in [4.69, 9.17) is 0 Å². The van der Waals surface area contributed by atoms with Gasteiger partial charge in [0.2, 0.25) is 0 Å². The summed E-state index contributed by atoms with van der Waals surface area (Å²) in [4.78, 5) is 13.3. The van der Waals surface area contributed by atoms with Crippen LogP contribution >= 0.6 is 11.3 Å². The first-order valence-corrected chi connectivity index (χ1v) is 8.19. The molecule has 0 aliphatic heterocycles. The Balaban J connectivity index is 1.86. The average molecular weight is 307 g/mol. The number of nitrogens with one attached hydrogen (secondary N) is 1. The molecule has 0 unspecified atom stereocenters. The quantitative estimate of drug-likeness (QED) is 0.702. The maximum Gasteiger partial charge on any atom is 0.266 e. The van der Waals surface area contributed by atoms with E-state index in [-0.39, 0.29) is 5.91 Å². The number of benzene rings is 2. The Kier molecular flexibility index (Phi) is 4.35. The normalized spacial score (nSPS) is 10.4. The second-order valence-electron chi connectivity index (χ2n) is 5.04. The van der Waals surface area contributed by atoms with Gasteiger partial charge < -0.3 is 5.32 Å². The average Bonchev–Trinajstić information content (AvgIpc) is 3.05. The van der Waals surface area contributed by atoms with E-state index in [1.165, 1.54) is 16.9 Å². The molecule has 0 saturated carbocycles.